The number of benzene rings is 2. The van der Waals surface area contributed by atoms with Crippen LogP contribution in [0.2, 0.25) is 0 Å². The second kappa shape index (κ2) is 7.31. The largest absolute Gasteiger partial charge is 0.486 e. The van der Waals surface area contributed by atoms with Gasteiger partial charge in [0.25, 0.3) is 0 Å². The number of nitrogens with one attached hydrogen (secondary N) is 1. The third kappa shape index (κ3) is 3.74. The first-order valence-electron chi connectivity index (χ1n) is 9.03. The number of carbonyl (C=O) groups is 1. The second-order valence-electron chi connectivity index (χ2n) is 6.88. The summed E-state index contributed by atoms with van der Waals surface area (Å²) in [5.41, 5.74) is 7.47. The van der Waals surface area contributed by atoms with E-state index in [1.807, 2.05) is 30.5 Å². The topological polar surface area (TPSA) is 77.3 Å². The summed E-state index contributed by atoms with van der Waals surface area (Å²) in [6.07, 6.45) is 3.32. The molecular weight excluding hydrogens is 347 g/mol. The van der Waals surface area contributed by atoms with Crippen molar-refractivity contribution < 1.29 is 18.7 Å². The van der Waals surface area contributed by atoms with Crippen molar-refractivity contribution in [2.24, 2.45) is 11.7 Å². The van der Waals surface area contributed by atoms with E-state index in [9.17, 15) is 9.18 Å². The van der Waals surface area contributed by atoms with Crippen LogP contribution in [0.5, 0.6) is 11.5 Å². The SMILES string of the molecule is NC(=O)C(CCc1c[nH]c2ccc(F)cc12)CC1COc2ccccc2O1. The van der Waals surface area contributed by atoms with E-state index in [0.29, 0.717) is 37.4 Å². The average molecular weight is 368 g/mol. The molecule has 2 atom stereocenters. The number of ether oxygens (including phenoxy) is 2. The minimum atomic E-state index is -0.358. The number of hydrogen-bond acceptors (Lipinski definition) is 3. The number of aromatic amines is 1. The molecule has 6 heteroatoms. The van der Waals surface area contributed by atoms with Gasteiger partial charge in [-0.1, -0.05) is 12.1 Å². The fourth-order valence-electron chi connectivity index (χ4n) is 3.56. The van der Waals surface area contributed by atoms with Gasteiger partial charge < -0.3 is 20.2 Å². The fourth-order valence-corrected chi connectivity index (χ4v) is 3.56. The molecule has 27 heavy (non-hydrogen) atoms. The number of hydrogen-bond donors (Lipinski definition) is 2. The van der Waals surface area contributed by atoms with E-state index >= 15 is 0 Å². The number of aryl methyl sites for hydroxylation is 1. The van der Waals surface area contributed by atoms with Gasteiger partial charge in [0.2, 0.25) is 5.91 Å². The first kappa shape index (κ1) is 17.4. The van der Waals surface area contributed by atoms with Gasteiger partial charge >= 0.3 is 0 Å². The Morgan fingerprint density at radius 3 is 2.89 bits per heavy atom. The number of carbonyl (C=O) groups excluding carboxylic acids is 1. The molecule has 1 aromatic heterocycles. The van der Waals surface area contributed by atoms with Gasteiger partial charge in [-0.3, -0.25) is 4.79 Å². The highest BCUT2D eigenvalue weighted by atomic mass is 19.1. The summed E-state index contributed by atoms with van der Waals surface area (Å²) in [5.74, 6) is 0.418. The van der Waals surface area contributed by atoms with Gasteiger partial charge in [-0.25, -0.2) is 4.39 Å². The number of H-pyrrole nitrogens is 1. The summed E-state index contributed by atoms with van der Waals surface area (Å²) in [6.45, 7) is 0.388. The highest BCUT2D eigenvalue weighted by molar-refractivity contribution is 5.83. The number of halogens is 1. The Hall–Kier alpha value is -3.02. The predicted molar refractivity (Wildman–Crippen MR) is 100 cm³/mol. The lowest BCUT2D eigenvalue weighted by Crippen LogP contribution is -2.35. The molecule has 0 spiro atoms. The van der Waals surface area contributed by atoms with Gasteiger partial charge in [-0.15, -0.1) is 0 Å². The van der Waals surface area contributed by atoms with Gasteiger partial charge in [0.1, 0.15) is 18.5 Å². The Labute approximate surface area is 156 Å². The maximum Gasteiger partial charge on any atom is 0.220 e. The molecule has 0 radical (unpaired) electrons. The summed E-state index contributed by atoms with van der Waals surface area (Å²) in [6, 6.07) is 12.1. The van der Waals surface area contributed by atoms with Crippen LogP contribution in [-0.4, -0.2) is 23.6 Å². The van der Waals surface area contributed by atoms with Crippen molar-refractivity contribution in [3.05, 3.63) is 60.0 Å². The van der Waals surface area contributed by atoms with E-state index < -0.39 is 0 Å². The summed E-state index contributed by atoms with van der Waals surface area (Å²) < 4.78 is 25.2. The lowest BCUT2D eigenvalue weighted by atomic mass is 9.93. The Balaban J connectivity index is 1.43. The molecule has 0 fully saturated rings. The van der Waals surface area contributed by atoms with E-state index in [0.717, 1.165) is 16.5 Å². The number of nitrogens with two attached hydrogens (primary N) is 1. The molecule has 1 aliphatic heterocycles. The van der Waals surface area contributed by atoms with Crippen LogP contribution in [0.1, 0.15) is 18.4 Å². The first-order valence-corrected chi connectivity index (χ1v) is 9.03. The molecule has 140 valence electrons. The van der Waals surface area contributed by atoms with Crippen LogP contribution in [0, 0.1) is 11.7 Å². The highest BCUT2D eigenvalue weighted by Crippen LogP contribution is 2.33. The van der Waals surface area contributed by atoms with Gasteiger partial charge in [0, 0.05) is 23.0 Å². The quantitative estimate of drug-likeness (QED) is 0.698. The lowest BCUT2D eigenvalue weighted by Gasteiger charge is -2.28. The van der Waals surface area contributed by atoms with Crippen LogP contribution in [-0.2, 0) is 11.2 Å². The summed E-state index contributed by atoms with van der Waals surface area (Å²) in [5, 5.41) is 0.837. The number of rotatable bonds is 6. The molecular formula is C21H21FN2O3. The van der Waals surface area contributed by atoms with Crippen molar-refractivity contribution in [1.29, 1.82) is 0 Å². The maximum atomic E-state index is 13.5. The fraction of sp³-hybridized carbons (Fsp3) is 0.286. The van der Waals surface area contributed by atoms with Gasteiger partial charge in [0.15, 0.2) is 11.5 Å². The Morgan fingerprint density at radius 1 is 1.26 bits per heavy atom. The molecule has 1 amide bonds. The summed E-state index contributed by atoms with van der Waals surface area (Å²) in [7, 11) is 0. The molecule has 2 unspecified atom stereocenters. The lowest BCUT2D eigenvalue weighted by molar-refractivity contribution is -0.123. The molecule has 1 aliphatic rings. The number of amides is 1. The van der Waals surface area contributed by atoms with Crippen LogP contribution in [0.3, 0.4) is 0 Å². The smallest absolute Gasteiger partial charge is 0.220 e. The van der Waals surface area contributed by atoms with Crippen molar-refractivity contribution in [2.75, 3.05) is 6.61 Å². The molecule has 0 aliphatic carbocycles. The van der Waals surface area contributed by atoms with E-state index in [4.69, 9.17) is 15.2 Å². The number of fused-ring (bicyclic) bond motifs is 2. The van der Waals surface area contributed by atoms with Crippen LogP contribution in [0.15, 0.2) is 48.7 Å². The summed E-state index contributed by atoms with van der Waals surface area (Å²) >= 11 is 0. The van der Waals surface area contributed by atoms with Crippen molar-refractivity contribution in [3.8, 4) is 11.5 Å². The monoisotopic (exact) mass is 368 g/mol. The molecule has 4 rings (SSSR count). The second-order valence-corrected chi connectivity index (χ2v) is 6.88. The minimum absolute atomic E-state index is 0.224. The minimum Gasteiger partial charge on any atom is -0.486 e. The molecule has 2 aromatic carbocycles. The molecule has 5 nitrogen and oxygen atoms in total. The van der Waals surface area contributed by atoms with Crippen LogP contribution in [0.25, 0.3) is 10.9 Å². The van der Waals surface area contributed by atoms with Crippen LogP contribution >= 0.6 is 0 Å². The predicted octanol–water partition coefficient (Wildman–Crippen LogP) is 3.57. The van der Waals surface area contributed by atoms with Crippen molar-refractivity contribution >= 4 is 16.8 Å². The zero-order chi connectivity index (χ0) is 18.8. The molecule has 2 heterocycles. The zero-order valence-electron chi connectivity index (χ0n) is 14.8. The zero-order valence-corrected chi connectivity index (χ0v) is 14.8. The van der Waals surface area contributed by atoms with Crippen LogP contribution in [0.4, 0.5) is 4.39 Å². The van der Waals surface area contributed by atoms with Crippen molar-refractivity contribution in [2.45, 2.75) is 25.4 Å². The summed E-state index contributed by atoms with van der Waals surface area (Å²) in [4.78, 5) is 15.1. The van der Waals surface area contributed by atoms with Crippen molar-refractivity contribution in [1.82, 2.24) is 4.98 Å². The molecule has 0 saturated carbocycles. The van der Waals surface area contributed by atoms with Gasteiger partial charge in [-0.05, 0) is 55.2 Å². The van der Waals surface area contributed by atoms with Gasteiger partial charge in [0.05, 0.1) is 0 Å². The van der Waals surface area contributed by atoms with Crippen LogP contribution < -0.4 is 15.2 Å². The number of aromatic nitrogens is 1. The molecule has 0 saturated heterocycles. The molecule has 3 aromatic rings. The molecule has 3 N–H and O–H groups in total. The number of primary amides is 1. The molecule has 0 bridgehead atoms. The van der Waals surface area contributed by atoms with E-state index in [-0.39, 0.29) is 23.7 Å². The highest BCUT2D eigenvalue weighted by Gasteiger charge is 2.27. The average Bonchev–Trinajstić information content (AvgIpc) is 3.07. The maximum absolute atomic E-state index is 13.5. The Kier molecular flexibility index (Phi) is 4.71. The standard InChI is InChI=1S/C21H21FN2O3/c22-15-7-8-18-17(10-15)14(11-24-18)6-5-13(21(23)25)9-16-12-26-19-3-1-2-4-20(19)27-16/h1-4,7-8,10-11,13,16,24H,5-6,9,12H2,(H2,23,25). The Bertz CT molecular complexity index is 969. The van der Waals surface area contributed by atoms with Gasteiger partial charge in [-0.2, -0.15) is 0 Å². The van der Waals surface area contributed by atoms with Crippen molar-refractivity contribution in [3.63, 3.8) is 0 Å². The Morgan fingerprint density at radius 2 is 2.07 bits per heavy atom. The third-order valence-electron chi connectivity index (χ3n) is 5.01. The van der Waals surface area contributed by atoms with E-state index in [1.165, 1.54) is 12.1 Å². The third-order valence-corrected chi connectivity index (χ3v) is 5.01. The van der Waals surface area contributed by atoms with E-state index in [2.05, 4.69) is 4.98 Å². The normalized spacial score (nSPS) is 17.0. The van der Waals surface area contributed by atoms with E-state index in [1.54, 1.807) is 6.07 Å². The number of para-hydroxylation sites is 2. The first-order chi connectivity index (χ1) is 13.1.